The molecule has 0 spiro atoms. The van der Waals surface area contributed by atoms with E-state index in [0.29, 0.717) is 19.0 Å². The fraction of sp³-hybridized carbons (Fsp3) is 0.877. The van der Waals surface area contributed by atoms with E-state index >= 15 is 0 Å². The van der Waals surface area contributed by atoms with E-state index in [1.807, 2.05) is 0 Å². The zero-order valence-corrected chi connectivity index (χ0v) is 45.1. The fourth-order valence-electron chi connectivity index (χ4n) is 9.57. The molecule has 0 unspecified atom stereocenters. The normalized spacial score (nSPS) is 19.6. The molecule has 1 aromatic carbocycles. The van der Waals surface area contributed by atoms with Gasteiger partial charge in [-0.15, -0.1) is 0 Å². The number of nitrogens with one attached hydrogen (secondary N) is 2. The van der Waals surface area contributed by atoms with Crippen LogP contribution in [0.4, 0.5) is 14.5 Å². The maximum absolute atomic E-state index is 14.1. The maximum atomic E-state index is 14.1. The third-order valence-electron chi connectivity index (χ3n) is 14.3. The van der Waals surface area contributed by atoms with Crippen molar-refractivity contribution in [3.63, 3.8) is 0 Å². The van der Waals surface area contributed by atoms with Gasteiger partial charge in [0.25, 0.3) is 5.17 Å². The van der Waals surface area contributed by atoms with E-state index in [-0.39, 0.29) is 24.1 Å². The predicted molar refractivity (Wildman–Crippen MR) is 287 cm³/mol. The zero-order valence-electron chi connectivity index (χ0n) is 44.3. The number of aliphatic hydroxyl groups is 5. The van der Waals surface area contributed by atoms with E-state index < -0.39 is 60.6 Å². The van der Waals surface area contributed by atoms with Crippen LogP contribution < -0.4 is 10.6 Å². The minimum Gasteiger partial charge on any atom is -0.468 e. The van der Waals surface area contributed by atoms with E-state index in [2.05, 4.69) is 24.5 Å². The summed E-state index contributed by atoms with van der Waals surface area (Å²) in [5.41, 5.74) is -0.114. The summed E-state index contributed by atoms with van der Waals surface area (Å²) in [5.74, 6) is -1.63. The number of thiocarbonyl (C=S) groups is 1. The second-order valence-corrected chi connectivity index (χ2v) is 21.0. The van der Waals surface area contributed by atoms with Gasteiger partial charge in [-0.25, -0.2) is 8.78 Å². The van der Waals surface area contributed by atoms with Gasteiger partial charge in [-0.3, -0.25) is 0 Å². The Morgan fingerprint density at radius 3 is 1.43 bits per heavy atom. The van der Waals surface area contributed by atoms with E-state index in [4.69, 9.17) is 26.4 Å². The number of benzene rings is 1. The van der Waals surface area contributed by atoms with Gasteiger partial charge in [0.2, 0.25) is 0 Å². The Morgan fingerprint density at radius 1 is 0.586 bits per heavy atom. The molecule has 1 aliphatic heterocycles. The Morgan fingerprint density at radius 2 is 1.00 bits per heavy atom. The lowest BCUT2D eigenvalue weighted by atomic mass is 9.98. The standard InChI is InChI=1S/C57H104F2N2O8S/c1-3-5-7-9-11-13-15-17-18-19-20-21-22-23-24-25-26-27-28-30-32-34-36-38-42-60-49(52(63)50(62)39-37-35-33-31-29-16-14-12-10-8-6-4-2)44-67-56-55(66)54(65)53(64)51(69-56)45-68-57(70)61-48-41-40-46(58)43-47(48)59/h40-41,43,49-56,60,62-66H,3-39,42,44-45H2,1-2H3,(H,61,70)/t49-,50+,51+,52-,53-,54-,55+,56+/m0/s1. The van der Waals surface area contributed by atoms with Crippen LogP contribution in [0, 0.1) is 11.6 Å². The SMILES string of the molecule is CCCCCCCCCCCCCCCCCCCCCCCCCCN[C@@H](CO[C@@H]1O[C@H](COC(=S)Nc2ccc(F)cc2F)[C@H](O)[C@H](O)[C@H]1O)[C@H](O)[C@H](O)CCCCCCCCCCCCCC. The number of unbranched alkanes of at least 4 members (excludes halogenated alkanes) is 34. The average Bonchev–Trinajstić information content (AvgIpc) is 3.35. The largest absolute Gasteiger partial charge is 0.468 e. The summed E-state index contributed by atoms with van der Waals surface area (Å²) in [6.07, 6.45) is 37.2. The quantitative estimate of drug-likeness (QED) is 0.0247. The van der Waals surface area contributed by atoms with Gasteiger partial charge >= 0.3 is 0 Å². The van der Waals surface area contributed by atoms with Crippen LogP contribution in [0.1, 0.15) is 251 Å². The Kier molecular flexibility index (Phi) is 40.4. The van der Waals surface area contributed by atoms with Crippen LogP contribution in [-0.4, -0.2) is 99.4 Å². The summed E-state index contributed by atoms with van der Waals surface area (Å²) in [7, 11) is 0. The van der Waals surface area contributed by atoms with Crippen molar-refractivity contribution in [1.29, 1.82) is 0 Å². The first-order valence-electron chi connectivity index (χ1n) is 28.9. The first kappa shape index (κ1) is 64.6. The van der Waals surface area contributed by atoms with Gasteiger partial charge < -0.3 is 50.4 Å². The minimum absolute atomic E-state index is 0.114. The van der Waals surface area contributed by atoms with E-state index in [0.717, 1.165) is 50.7 Å². The Bertz CT molecular complexity index is 1370. The molecule has 13 heteroatoms. The number of rotatable bonds is 47. The molecule has 1 fully saturated rings. The number of hydrogen-bond acceptors (Lipinski definition) is 10. The van der Waals surface area contributed by atoms with Gasteiger partial charge in [-0.05, 0) is 43.7 Å². The van der Waals surface area contributed by atoms with Gasteiger partial charge in [0.05, 0.1) is 30.5 Å². The van der Waals surface area contributed by atoms with Crippen LogP contribution in [-0.2, 0) is 14.2 Å². The minimum atomic E-state index is -1.66. The number of hydrogen-bond donors (Lipinski definition) is 7. The Balaban J connectivity index is 1.70. The van der Waals surface area contributed by atoms with Gasteiger partial charge in [0, 0.05) is 6.07 Å². The lowest BCUT2D eigenvalue weighted by Gasteiger charge is -2.40. The van der Waals surface area contributed by atoms with Crippen molar-refractivity contribution in [2.24, 2.45) is 0 Å². The molecular weight excluding hydrogens is 911 g/mol. The lowest BCUT2D eigenvalue weighted by Crippen LogP contribution is -2.60. The number of aliphatic hydroxyl groups excluding tert-OH is 5. The third-order valence-corrected chi connectivity index (χ3v) is 14.5. The van der Waals surface area contributed by atoms with Crippen molar-refractivity contribution >= 4 is 23.1 Å². The van der Waals surface area contributed by atoms with E-state index in [1.54, 1.807) is 0 Å². The summed E-state index contributed by atoms with van der Waals surface area (Å²) < 4.78 is 44.7. The molecule has 10 nitrogen and oxygen atoms in total. The highest BCUT2D eigenvalue weighted by Gasteiger charge is 2.45. The van der Waals surface area contributed by atoms with Gasteiger partial charge in [0.15, 0.2) is 6.29 Å². The molecular formula is C57H104F2N2O8S. The van der Waals surface area contributed by atoms with Crippen LogP contribution in [0.2, 0.25) is 0 Å². The lowest BCUT2D eigenvalue weighted by molar-refractivity contribution is -0.302. The molecule has 1 saturated heterocycles. The molecule has 70 heavy (non-hydrogen) atoms. The van der Waals surface area contributed by atoms with Crippen molar-refractivity contribution in [3.05, 3.63) is 29.8 Å². The first-order chi connectivity index (χ1) is 34.1. The molecule has 1 heterocycles. The highest BCUT2D eigenvalue weighted by molar-refractivity contribution is 7.80. The Hall–Kier alpha value is -1.55. The van der Waals surface area contributed by atoms with E-state index in [9.17, 15) is 34.3 Å². The van der Waals surface area contributed by atoms with Crippen molar-refractivity contribution in [1.82, 2.24) is 5.32 Å². The van der Waals surface area contributed by atoms with Gasteiger partial charge in [-0.2, -0.15) is 0 Å². The third kappa shape index (κ3) is 31.9. The van der Waals surface area contributed by atoms with Gasteiger partial charge in [-0.1, -0.05) is 239 Å². The smallest absolute Gasteiger partial charge is 0.261 e. The molecule has 2 rings (SSSR count). The topological polar surface area (TPSA) is 153 Å². The molecule has 0 radical (unpaired) electrons. The molecule has 1 aromatic rings. The van der Waals surface area contributed by atoms with Crippen molar-refractivity contribution in [2.75, 3.05) is 25.1 Å². The molecule has 410 valence electrons. The number of ether oxygens (including phenoxy) is 3. The van der Waals surface area contributed by atoms with Crippen LogP contribution in [0.3, 0.4) is 0 Å². The molecule has 0 aromatic heterocycles. The van der Waals surface area contributed by atoms with Crippen molar-refractivity contribution in [2.45, 2.75) is 300 Å². The van der Waals surface area contributed by atoms with E-state index in [1.165, 1.54) is 193 Å². The second kappa shape index (κ2) is 43.8. The average molecular weight is 1020 g/mol. The zero-order chi connectivity index (χ0) is 50.9. The summed E-state index contributed by atoms with van der Waals surface area (Å²) in [6.45, 7) is 4.58. The van der Waals surface area contributed by atoms with Crippen molar-refractivity contribution in [3.8, 4) is 0 Å². The highest BCUT2D eigenvalue weighted by atomic mass is 32.1. The van der Waals surface area contributed by atoms with Crippen LogP contribution >= 0.6 is 12.2 Å². The number of halogens is 2. The number of anilines is 1. The molecule has 0 amide bonds. The molecule has 0 aliphatic carbocycles. The molecule has 8 atom stereocenters. The highest BCUT2D eigenvalue weighted by Crippen LogP contribution is 2.25. The van der Waals surface area contributed by atoms with Crippen LogP contribution in [0.15, 0.2) is 18.2 Å². The summed E-state index contributed by atoms with van der Waals surface area (Å²) in [4.78, 5) is 0. The van der Waals surface area contributed by atoms with Gasteiger partial charge in [0.1, 0.15) is 42.7 Å². The summed E-state index contributed by atoms with van der Waals surface area (Å²) >= 11 is 5.14. The molecule has 7 N–H and O–H groups in total. The molecule has 1 aliphatic rings. The summed E-state index contributed by atoms with van der Waals surface area (Å²) in [5, 5.41) is 60.4. The second-order valence-electron chi connectivity index (χ2n) is 20.6. The predicted octanol–water partition coefficient (Wildman–Crippen LogP) is 13.7. The maximum Gasteiger partial charge on any atom is 0.261 e. The van der Waals surface area contributed by atoms with Crippen LogP contribution in [0.5, 0.6) is 0 Å². The first-order valence-corrected chi connectivity index (χ1v) is 29.3. The monoisotopic (exact) mass is 1010 g/mol. The van der Waals surface area contributed by atoms with Crippen molar-refractivity contribution < 1.29 is 48.5 Å². The summed E-state index contributed by atoms with van der Waals surface area (Å²) in [6, 6.07) is 2.21. The van der Waals surface area contributed by atoms with Crippen LogP contribution in [0.25, 0.3) is 0 Å². The Labute approximate surface area is 430 Å². The molecule has 0 saturated carbocycles. The fourth-order valence-corrected chi connectivity index (χ4v) is 9.75. The molecule has 0 bridgehead atoms.